The fraction of sp³-hybridized carbons (Fsp3) is 0.889. The SMILES string of the molecule is O=C1CC(C2CCCCN2)CO1. The van der Waals surface area contributed by atoms with E-state index in [-0.39, 0.29) is 5.97 Å². The molecule has 2 saturated heterocycles. The number of cyclic esters (lactones) is 1. The molecule has 0 radical (unpaired) electrons. The number of rotatable bonds is 1. The maximum absolute atomic E-state index is 10.8. The van der Waals surface area contributed by atoms with Gasteiger partial charge < -0.3 is 10.1 Å². The molecule has 2 fully saturated rings. The summed E-state index contributed by atoms with van der Waals surface area (Å²) in [6.45, 7) is 1.74. The molecule has 2 atom stereocenters. The molecule has 2 unspecified atom stereocenters. The summed E-state index contributed by atoms with van der Waals surface area (Å²) in [6, 6.07) is 0.533. The molecule has 3 heteroatoms. The van der Waals surface area contributed by atoms with Crippen molar-refractivity contribution in [2.45, 2.75) is 31.7 Å². The molecular formula is C9H15NO2. The van der Waals surface area contributed by atoms with E-state index in [1.165, 1.54) is 19.3 Å². The zero-order chi connectivity index (χ0) is 8.39. The van der Waals surface area contributed by atoms with E-state index in [2.05, 4.69) is 5.32 Å². The summed E-state index contributed by atoms with van der Waals surface area (Å²) < 4.78 is 4.94. The second-order valence-corrected chi connectivity index (χ2v) is 3.70. The first-order chi connectivity index (χ1) is 5.86. The van der Waals surface area contributed by atoms with Crippen LogP contribution in [-0.4, -0.2) is 25.2 Å². The van der Waals surface area contributed by atoms with Crippen LogP contribution in [0.3, 0.4) is 0 Å². The summed E-state index contributed by atoms with van der Waals surface area (Å²) in [5, 5.41) is 3.45. The van der Waals surface area contributed by atoms with Crippen LogP contribution in [0, 0.1) is 5.92 Å². The van der Waals surface area contributed by atoms with Gasteiger partial charge in [0.05, 0.1) is 13.0 Å². The van der Waals surface area contributed by atoms with Crippen LogP contribution in [-0.2, 0) is 9.53 Å². The van der Waals surface area contributed by atoms with Crippen molar-refractivity contribution in [2.24, 2.45) is 5.92 Å². The summed E-state index contributed by atoms with van der Waals surface area (Å²) in [5.74, 6) is 0.421. The normalized spacial score (nSPS) is 36.5. The van der Waals surface area contributed by atoms with Gasteiger partial charge in [-0.05, 0) is 19.4 Å². The van der Waals surface area contributed by atoms with Crippen molar-refractivity contribution in [3.63, 3.8) is 0 Å². The average Bonchev–Trinajstić information content (AvgIpc) is 2.54. The Hall–Kier alpha value is -0.570. The van der Waals surface area contributed by atoms with Crippen LogP contribution in [0.25, 0.3) is 0 Å². The molecule has 2 aliphatic heterocycles. The summed E-state index contributed by atoms with van der Waals surface area (Å²) in [5.41, 5.74) is 0. The molecule has 12 heavy (non-hydrogen) atoms. The Balaban J connectivity index is 1.86. The Morgan fingerprint density at radius 2 is 2.33 bits per heavy atom. The van der Waals surface area contributed by atoms with E-state index in [1.807, 2.05) is 0 Å². The van der Waals surface area contributed by atoms with Crippen LogP contribution in [0.15, 0.2) is 0 Å². The molecule has 68 valence electrons. The first kappa shape index (κ1) is 8.05. The predicted molar refractivity (Wildman–Crippen MR) is 44.7 cm³/mol. The minimum atomic E-state index is -0.0210. The molecule has 0 aromatic carbocycles. The summed E-state index contributed by atoms with van der Waals surface area (Å²) in [7, 11) is 0. The van der Waals surface area contributed by atoms with Crippen molar-refractivity contribution in [1.82, 2.24) is 5.32 Å². The smallest absolute Gasteiger partial charge is 0.306 e. The van der Waals surface area contributed by atoms with Gasteiger partial charge in [0, 0.05) is 12.0 Å². The largest absolute Gasteiger partial charge is 0.465 e. The van der Waals surface area contributed by atoms with Crippen molar-refractivity contribution in [3.05, 3.63) is 0 Å². The van der Waals surface area contributed by atoms with Gasteiger partial charge in [-0.15, -0.1) is 0 Å². The Morgan fingerprint density at radius 1 is 1.42 bits per heavy atom. The Kier molecular flexibility index (Phi) is 2.30. The topological polar surface area (TPSA) is 38.3 Å². The van der Waals surface area contributed by atoms with Gasteiger partial charge in [-0.1, -0.05) is 6.42 Å². The van der Waals surface area contributed by atoms with Gasteiger partial charge in [0.2, 0.25) is 0 Å². The first-order valence-corrected chi connectivity index (χ1v) is 4.75. The van der Waals surface area contributed by atoms with E-state index in [0.29, 0.717) is 25.0 Å². The van der Waals surface area contributed by atoms with Crippen molar-refractivity contribution in [2.75, 3.05) is 13.2 Å². The lowest BCUT2D eigenvalue weighted by molar-refractivity contribution is -0.137. The lowest BCUT2D eigenvalue weighted by Crippen LogP contribution is -2.40. The molecule has 2 rings (SSSR count). The Morgan fingerprint density at radius 3 is 2.92 bits per heavy atom. The van der Waals surface area contributed by atoms with Crippen LogP contribution in [0.2, 0.25) is 0 Å². The number of nitrogens with one attached hydrogen (secondary N) is 1. The van der Waals surface area contributed by atoms with Crippen molar-refractivity contribution >= 4 is 5.97 Å². The quantitative estimate of drug-likeness (QED) is 0.587. The van der Waals surface area contributed by atoms with E-state index in [1.54, 1.807) is 0 Å². The molecule has 0 saturated carbocycles. The van der Waals surface area contributed by atoms with Crippen molar-refractivity contribution < 1.29 is 9.53 Å². The minimum absolute atomic E-state index is 0.0210. The minimum Gasteiger partial charge on any atom is -0.465 e. The molecule has 2 aliphatic rings. The highest BCUT2D eigenvalue weighted by atomic mass is 16.5. The van der Waals surface area contributed by atoms with Gasteiger partial charge in [-0.25, -0.2) is 0 Å². The second-order valence-electron chi connectivity index (χ2n) is 3.70. The fourth-order valence-corrected chi connectivity index (χ4v) is 2.07. The predicted octanol–water partition coefficient (Wildman–Crippen LogP) is 0.692. The Bertz CT molecular complexity index is 175. The van der Waals surface area contributed by atoms with Gasteiger partial charge >= 0.3 is 5.97 Å². The fourth-order valence-electron chi connectivity index (χ4n) is 2.07. The number of piperidine rings is 1. The first-order valence-electron chi connectivity index (χ1n) is 4.75. The summed E-state index contributed by atoms with van der Waals surface area (Å²) >= 11 is 0. The molecule has 2 heterocycles. The van der Waals surface area contributed by atoms with Gasteiger partial charge in [0.1, 0.15) is 0 Å². The van der Waals surface area contributed by atoms with Crippen LogP contribution >= 0.6 is 0 Å². The van der Waals surface area contributed by atoms with E-state index in [0.717, 1.165) is 6.54 Å². The number of hydrogen-bond donors (Lipinski definition) is 1. The van der Waals surface area contributed by atoms with Gasteiger partial charge in [-0.3, -0.25) is 4.79 Å². The molecular weight excluding hydrogens is 154 g/mol. The van der Waals surface area contributed by atoms with Crippen molar-refractivity contribution in [3.8, 4) is 0 Å². The Labute approximate surface area is 72.5 Å². The highest BCUT2D eigenvalue weighted by Crippen LogP contribution is 2.23. The maximum atomic E-state index is 10.8. The number of esters is 1. The molecule has 1 N–H and O–H groups in total. The molecule has 0 spiro atoms. The number of carbonyl (C=O) groups excluding carboxylic acids is 1. The van der Waals surface area contributed by atoms with Crippen molar-refractivity contribution in [1.29, 1.82) is 0 Å². The van der Waals surface area contributed by atoms with E-state index < -0.39 is 0 Å². The molecule has 0 aromatic rings. The van der Waals surface area contributed by atoms with E-state index in [9.17, 15) is 4.79 Å². The molecule has 0 amide bonds. The molecule has 0 aliphatic carbocycles. The van der Waals surface area contributed by atoms with E-state index >= 15 is 0 Å². The third-order valence-corrected chi connectivity index (χ3v) is 2.80. The van der Waals surface area contributed by atoms with Crippen LogP contribution in [0.5, 0.6) is 0 Å². The monoisotopic (exact) mass is 169 g/mol. The number of hydrogen-bond acceptors (Lipinski definition) is 3. The zero-order valence-electron chi connectivity index (χ0n) is 7.21. The lowest BCUT2D eigenvalue weighted by Gasteiger charge is -2.26. The highest BCUT2D eigenvalue weighted by molar-refractivity contribution is 5.71. The van der Waals surface area contributed by atoms with Gasteiger partial charge in [0.15, 0.2) is 0 Å². The second kappa shape index (κ2) is 3.44. The third-order valence-electron chi connectivity index (χ3n) is 2.80. The number of carbonyl (C=O) groups is 1. The van der Waals surface area contributed by atoms with Gasteiger partial charge in [-0.2, -0.15) is 0 Å². The van der Waals surface area contributed by atoms with Gasteiger partial charge in [0.25, 0.3) is 0 Å². The standard InChI is InChI=1S/C9H15NO2/c11-9-5-7(6-12-9)8-3-1-2-4-10-8/h7-8,10H,1-6H2. The molecule has 3 nitrogen and oxygen atoms in total. The van der Waals surface area contributed by atoms with Crippen LogP contribution < -0.4 is 5.32 Å². The average molecular weight is 169 g/mol. The molecule has 0 aromatic heterocycles. The van der Waals surface area contributed by atoms with Crippen LogP contribution in [0.1, 0.15) is 25.7 Å². The van der Waals surface area contributed by atoms with Crippen LogP contribution in [0.4, 0.5) is 0 Å². The highest BCUT2D eigenvalue weighted by Gasteiger charge is 2.31. The zero-order valence-corrected chi connectivity index (χ0v) is 7.21. The lowest BCUT2D eigenvalue weighted by atomic mass is 9.92. The third kappa shape index (κ3) is 1.61. The van der Waals surface area contributed by atoms with E-state index in [4.69, 9.17) is 4.74 Å². The summed E-state index contributed by atoms with van der Waals surface area (Å²) in [6.07, 6.45) is 4.40. The summed E-state index contributed by atoms with van der Waals surface area (Å²) in [4.78, 5) is 10.8. The number of ether oxygens (including phenoxy) is 1. The molecule has 0 bridgehead atoms. The maximum Gasteiger partial charge on any atom is 0.306 e.